The molecule has 1 aliphatic rings. The van der Waals surface area contributed by atoms with Crippen molar-refractivity contribution in [1.29, 1.82) is 0 Å². The topological polar surface area (TPSA) is 13.1 Å². The van der Waals surface area contributed by atoms with Crippen molar-refractivity contribution in [3.8, 4) is 0 Å². The van der Waals surface area contributed by atoms with E-state index in [9.17, 15) is 0 Å². The first-order valence-electron chi connectivity index (χ1n) is 4.90. The van der Waals surface area contributed by atoms with Gasteiger partial charge in [0.1, 0.15) is 11.5 Å². The molecule has 1 aromatic heterocycles. The van der Waals surface area contributed by atoms with Gasteiger partial charge in [-0.3, -0.25) is 0 Å². The number of rotatable bonds is 2. The van der Waals surface area contributed by atoms with Crippen LogP contribution >= 0.6 is 15.9 Å². The maximum absolute atomic E-state index is 5.73. The van der Waals surface area contributed by atoms with Gasteiger partial charge >= 0.3 is 0 Å². The molecule has 72 valence electrons. The van der Waals surface area contributed by atoms with E-state index in [0.29, 0.717) is 5.41 Å². The molecule has 13 heavy (non-hydrogen) atoms. The molecular weight excluding hydrogens is 228 g/mol. The van der Waals surface area contributed by atoms with Gasteiger partial charge in [-0.1, -0.05) is 28.8 Å². The second kappa shape index (κ2) is 3.49. The first kappa shape index (κ1) is 9.32. The molecule has 1 aromatic rings. The lowest BCUT2D eigenvalue weighted by Crippen LogP contribution is -2.22. The van der Waals surface area contributed by atoms with Gasteiger partial charge in [-0.15, -0.1) is 0 Å². The van der Waals surface area contributed by atoms with Crippen LogP contribution in [-0.2, 0) is 5.41 Å². The van der Waals surface area contributed by atoms with Crippen LogP contribution in [0.1, 0.15) is 37.2 Å². The average molecular weight is 243 g/mol. The Morgan fingerprint density at radius 2 is 2.08 bits per heavy atom. The summed E-state index contributed by atoms with van der Waals surface area (Å²) in [5.74, 6) is 2.21. The highest BCUT2D eigenvalue weighted by Gasteiger charge is 2.37. The Kier molecular flexibility index (Phi) is 2.50. The van der Waals surface area contributed by atoms with Gasteiger partial charge in [0.25, 0.3) is 0 Å². The third-order valence-corrected chi connectivity index (χ3v) is 4.15. The minimum Gasteiger partial charge on any atom is -0.466 e. The second-order valence-corrected chi connectivity index (χ2v) is 4.59. The van der Waals surface area contributed by atoms with E-state index in [1.807, 2.05) is 6.92 Å². The largest absolute Gasteiger partial charge is 0.466 e. The third kappa shape index (κ3) is 1.56. The minimum absolute atomic E-state index is 0.300. The minimum atomic E-state index is 0.300. The zero-order valence-electron chi connectivity index (χ0n) is 7.98. The number of aryl methyl sites for hydroxylation is 1. The third-order valence-electron chi connectivity index (χ3n) is 3.08. The maximum Gasteiger partial charge on any atom is 0.111 e. The summed E-state index contributed by atoms with van der Waals surface area (Å²) in [5, 5.41) is 1.03. The summed E-state index contributed by atoms with van der Waals surface area (Å²) < 4.78 is 5.73. The smallest absolute Gasteiger partial charge is 0.111 e. The molecule has 1 fully saturated rings. The monoisotopic (exact) mass is 242 g/mol. The zero-order chi connectivity index (χ0) is 9.31. The molecule has 2 rings (SSSR count). The summed E-state index contributed by atoms with van der Waals surface area (Å²) in [5.41, 5.74) is 0.300. The van der Waals surface area contributed by atoms with Crippen molar-refractivity contribution in [3.63, 3.8) is 0 Å². The van der Waals surface area contributed by atoms with E-state index < -0.39 is 0 Å². The summed E-state index contributed by atoms with van der Waals surface area (Å²) in [6.07, 6.45) is 5.22. The van der Waals surface area contributed by atoms with Crippen molar-refractivity contribution in [2.75, 3.05) is 5.33 Å². The molecule has 0 aromatic carbocycles. The van der Waals surface area contributed by atoms with E-state index in [2.05, 4.69) is 28.1 Å². The molecule has 1 heterocycles. The quantitative estimate of drug-likeness (QED) is 0.720. The highest BCUT2D eigenvalue weighted by atomic mass is 79.9. The van der Waals surface area contributed by atoms with E-state index >= 15 is 0 Å². The van der Waals surface area contributed by atoms with Crippen molar-refractivity contribution < 1.29 is 4.42 Å². The van der Waals surface area contributed by atoms with E-state index in [1.165, 1.54) is 31.4 Å². The van der Waals surface area contributed by atoms with Crippen LogP contribution in [0, 0.1) is 6.92 Å². The molecular formula is C11H15BrO. The second-order valence-electron chi connectivity index (χ2n) is 4.03. The van der Waals surface area contributed by atoms with Gasteiger partial charge in [0.15, 0.2) is 0 Å². The van der Waals surface area contributed by atoms with Crippen molar-refractivity contribution in [1.82, 2.24) is 0 Å². The van der Waals surface area contributed by atoms with Crippen LogP contribution in [0.3, 0.4) is 0 Å². The lowest BCUT2D eigenvalue weighted by atomic mass is 9.86. The van der Waals surface area contributed by atoms with Gasteiger partial charge in [0.2, 0.25) is 0 Å². The molecule has 0 atom stereocenters. The first-order valence-corrected chi connectivity index (χ1v) is 6.02. The summed E-state index contributed by atoms with van der Waals surface area (Å²) in [4.78, 5) is 0. The van der Waals surface area contributed by atoms with E-state index in [0.717, 1.165) is 11.1 Å². The molecule has 0 N–H and O–H groups in total. The van der Waals surface area contributed by atoms with Gasteiger partial charge in [0.05, 0.1) is 0 Å². The van der Waals surface area contributed by atoms with Gasteiger partial charge < -0.3 is 4.42 Å². The molecule has 0 unspecified atom stereocenters. The Labute approximate surface area is 87.6 Å². The van der Waals surface area contributed by atoms with Crippen LogP contribution in [-0.4, -0.2) is 5.33 Å². The van der Waals surface area contributed by atoms with Gasteiger partial charge in [0, 0.05) is 10.7 Å². The predicted octanol–water partition coefficient (Wildman–Crippen LogP) is 3.79. The number of hydrogen-bond acceptors (Lipinski definition) is 1. The lowest BCUT2D eigenvalue weighted by molar-refractivity contribution is 0.364. The molecule has 0 amide bonds. The Morgan fingerprint density at radius 1 is 1.38 bits per heavy atom. The molecule has 0 radical (unpaired) electrons. The Hall–Kier alpha value is -0.240. The summed E-state index contributed by atoms with van der Waals surface area (Å²) in [6.45, 7) is 2.01. The van der Waals surface area contributed by atoms with Crippen LogP contribution in [0.2, 0.25) is 0 Å². The van der Waals surface area contributed by atoms with Gasteiger partial charge in [-0.25, -0.2) is 0 Å². The molecule has 1 nitrogen and oxygen atoms in total. The summed E-state index contributed by atoms with van der Waals surface area (Å²) in [7, 11) is 0. The van der Waals surface area contributed by atoms with Gasteiger partial charge in [-0.2, -0.15) is 0 Å². The molecule has 2 heteroatoms. The molecule has 1 saturated carbocycles. The van der Waals surface area contributed by atoms with Gasteiger partial charge in [-0.05, 0) is 31.9 Å². The van der Waals surface area contributed by atoms with Crippen molar-refractivity contribution in [2.45, 2.75) is 38.0 Å². The lowest BCUT2D eigenvalue weighted by Gasteiger charge is -2.23. The fourth-order valence-electron chi connectivity index (χ4n) is 2.22. The molecule has 0 spiro atoms. The Balaban J connectivity index is 2.30. The highest BCUT2D eigenvalue weighted by Crippen LogP contribution is 2.42. The zero-order valence-corrected chi connectivity index (χ0v) is 9.56. The van der Waals surface area contributed by atoms with E-state index in [1.54, 1.807) is 0 Å². The van der Waals surface area contributed by atoms with Crippen LogP contribution in [0.5, 0.6) is 0 Å². The fraction of sp³-hybridized carbons (Fsp3) is 0.636. The normalized spacial score (nSPS) is 20.8. The fourth-order valence-corrected chi connectivity index (χ4v) is 3.05. The molecule has 0 aliphatic heterocycles. The summed E-state index contributed by atoms with van der Waals surface area (Å²) >= 11 is 3.62. The molecule has 1 aliphatic carbocycles. The first-order chi connectivity index (χ1) is 6.27. The standard InChI is InChI=1S/C11H15BrO/c1-9-4-5-10(13-9)11(8-12)6-2-3-7-11/h4-5H,2-3,6-8H2,1H3. The van der Waals surface area contributed by atoms with Crippen molar-refractivity contribution in [3.05, 3.63) is 23.7 Å². The average Bonchev–Trinajstić information content (AvgIpc) is 2.73. The molecule has 0 saturated heterocycles. The Bertz CT molecular complexity index is 284. The van der Waals surface area contributed by atoms with Crippen LogP contribution in [0.25, 0.3) is 0 Å². The predicted molar refractivity (Wildman–Crippen MR) is 57.4 cm³/mol. The van der Waals surface area contributed by atoms with Crippen LogP contribution in [0.15, 0.2) is 16.5 Å². The number of hydrogen-bond donors (Lipinski definition) is 0. The van der Waals surface area contributed by atoms with Crippen LogP contribution < -0.4 is 0 Å². The van der Waals surface area contributed by atoms with Crippen molar-refractivity contribution in [2.24, 2.45) is 0 Å². The van der Waals surface area contributed by atoms with E-state index in [-0.39, 0.29) is 0 Å². The number of alkyl halides is 1. The summed E-state index contributed by atoms with van der Waals surface area (Å²) in [6, 6.07) is 4.21. The van der Waals surface area contributed by atoms with Crippen LogP contribution in [0.4, 0.5) is 0 Å². The Morgan fingerprint density at radius 3 is 2.54 bits per heavy atom. The maximum atomic E-state index is 5.73. The highest BCUT2D eigenvalue weighted by molar-refractivity contribution is 9.09. The van der Waals surface area contributed by atoms with E-state index in [4.69, 9.17) is 4.42 Å². The molecule has 0 bridgehead atoms. The van der Waals surface area contributed by atoms with Crippen molar-refractivity contribution >= 4 is 15.9 Å². The SMILES string of the molecule is Cc1ccc(C2(CBr)CCCC2)o1. The number of halogens is 1. The number of furan rings is 1.